The number of phenols is 1. The number of methoxy groups -OCH3 is 1. The maximum Gasteiger partial charge on any atom is 0.301 e. The van der Waals surface area contributed by atoms with Crippen molar-refractivity contribution in [3.8, 4) is 11.5 Å². The lowest BCUT2D eigenvalue weighted by Crippen LogP contribution is -2.29. The third kappa shape index (κ3) is 5.21. The largest absolute Gasteiger partial charge is 0.507 e. The molecule has 5 aromatic rings. The molecule has 6 rings (SSSR count). The minimum absolute atomic E-state index is 0.0421. The number of halogens is 1. The van der Waals surface area contributed by atoms with Crippen LogP contribution in [0.5, 0.6) is 11.5 Å². The van der Waals surface area contributed by atoms with Crippen molar-refractivity contribution in [3.63, 3.8) is 0 Å². The molecule has 1 aromatic heterocycles. The molecule has 43 heavy (non-hydrogen) atoms. The van der Waals surface area contributed by atoms with Crippen LogP contribution in [0.25, 0.3) is 16.5 Å². The fourth-order valence-corrected chi connectivity index (χ4v) is 6.89. The van der Waals surface area contributed by atoms with E-state index in [4.69, 9.17) is 4.74 Å². The number of hydrogen-bond acceptors (Lipinski definition) is 9. The molecular formula is C32H24FN3O5S2. The van der Waals surface area contributed by atoms with E-state index >= 15 is 0 Å². The molecule has 2 heterocycles. The molecule has 216 valence electrons. The molecule has 1 aliphatic heterocycles. The van der Waals surface area contributed by atoms with E-state index in [9.17, 15) is 24.2 Å². The van der Waals surface area contributed by atoms with Gasteiger partial charge in [-0.3, -0.25) is 14.5 Å². The number of rotatable bonds is 7. The molecule has 0 spiro atoms. The highest BCUT2D eigenvalue weighted by Crippen LogP contribution is 2.45. The molecule has 1 aliphatic rings. The van der Waals surface area contributed by atoms with Gasteiger partial charge in [0.2, 0.25) is 5.13 Å². The third-order valence-corrected chi connectivity index (χ3v) is 9.35. The highest BCUT2D eigenvalue weighted by molar-refractivity contribution is 8.00. The second kappa shape index (κ2) is 11.5. The van der Waals surface area contributed by atoms with Crippen LogP contribution in [-0.2, 0) is 15.3 Å². The first kappa shape index (κ1) is 28.4. The normalized spacial score (nSPS) is 16.3. The lowest BCUT2D eigenvalue weighted by Gasteiger charge is -2.23. The molecule has 0 bridgehead atoms. The number of benzene rings is 4. The second-order valence-electron chi connectivity index (χ2n) is 9.84. The zero-order valence-electron chi connectivity index (χ0n) is 22.9. The van der Waals surface area contributed by atoms with E-state index < -0.39 is 29.3 Å². The van der Waals surface area contributed by atoms with Crippen LogP contribution < -0.4 is 9.64 Å². The molecule has 11 heteroatoms. The number of nitrogens with zero attached hydrogens (tertiary/aromatic N) is 3. The highest BCUT2D eigenvalue weighted by Gasteiger charge is 2.48. The van der Waals surface area contributed by atoms with Crippen LogP contribution in [0, 0.1) is 12.7 Å². The Kier molecular flexibility index (Phi) is 7.59. The number of aliphatic hydroxyl groups excluding tert-OH is 1. The Labute approximate surface area is 254 Å². The van der Waals surface area contributed by atoms with Gasteiger partial charge in [0.05, 0.1) is 18.7 Å². The average molecular weight is 614 g/mol. The number of aromatic nitrogens is 2. The predicted octanol–water partition coefficient (Wildman–Crippen LogP) is 6.77. The van der Waals surface area contributed by atoms with E-state index in [1.807, 2.05) is 36.4 Å². The van der Waals surface area contributed by atoms with Crippen LogP contribution in [0.15, 0.2) is 88.8 Å². The van der Waals surface area contributed by atoms with Crippen molar-refractivity contribution in [1.29, 1.82) is 0 Å². The van der Waals surface area contributed by atoms with Gasteiger partial charge in [-0.2, -0.15) is 0 Å². The van der Waals surface area contributed by atoms with Crippen LogP contribution in [0.1, 0.15) is 28.3 Å². The van der Waals surface area contributed by atoms with Gasteiger partial charge in [-0.25, -0.2) is 4.39 Å². The van der Waals surface area contributed by atoms with Gasteiger partial charge in [-0.15, -0.1) is 10.2 Å². The van der Waals surface area contributed by atoms with Gasteiger partial charge < -0.3 is 14.9 Å². The Morgan fingerprint density at radius 2 is 1.84 bits per heavy atom. The van der Waals surface area contributed by atoms with E-state index in [2.05, 4.69) is 16.3 Å². The fraction of sp³-hybridized carbons (Fsp3) is 0.125. The molecule has 1 saturated heterocycles. The summed E-state index contributed by atoms with van der Waals surface area (Å²) in [4.78, 5) is 28.2. The van der Waals surface area contributed by atoms with Crippen molar-refractivity contribution in [3.05, 3.63) is 113 Å². The summed E-state index contributed by atoms with van der Waals surface area (Å²) in [5.41, 5.74) is 1.63. The summed E-state index contributed by atoms with van der Waals surface area (Å²) in [6.45, 7) is 1.58. The fourth-order valence-electron chi connectivity index (χ4n) is 5.02. The number of thioether (sulfide) groups is 1. The summed E-state index contributed by atoms with van der Waals surface area (Å²) in [5.74, 6) is -2.43. The van der Waals surface area contributed by atoms with Crippen molar-refractivity contribution < 1.29 is 28.9 Å². The van der Waals surface area contributed by atoms with E-state index in [-0.39, 0.29) is 27.8 Å². The Morgan fingerprint density at radius 3 is 2.63 bits per heavy atom. The summed E-state index contributed by atoms with van der Waals surface area (Å²) in [6.07, 6.45) is 0. The van der Waals surface area contributed by atoms with Gasteiger partial charge >= 0.3 is 5.91 Å². The number of phenolic OH excluding ortho intramolecular Hbond substituents is 1. The molecule has 4 aromatic carbocycles. The maximum atomic E-state index is 14.4. The quantitative estimate of drug-likeness (QED) is 0.0680. The number of ketones is 1. The minimum Gasteiger partial charge on any atom is -0.507 e. The molecule has 0 unspecified atom stereocenters. The summed E-state index contributed by atoms with van der Waals surface area (Å²) in [5, 5.41) is 32.4. The van der Waals surface area contributed by atoms with E-state index in [1.165, 1.54) is 54.1 Å². The first-order valence-electron chi connectivity index (χ1n) is 13.1. The maximum absolute atomic E-state index is 14.4. The summed E-state index contributed by atoms with van der Waals surface area (Å²) >= 11 is 2.58. The number of hydrogen-bond donors (Lipinski definition) is 2. The monoisotopic (exact) mass is 613 g/mol. The van der Waals surface area contributed by atoms with Crippen molar-refractivity contribution in [2.45, 2.75) is 23.1 Å². The number of aliphatic hydroxyl groups is 1. The predicted molar refractivity (Wildman–Crippen MR) is 164 cm³/mol. The smallest absolute Gasteiger partial charge is 0.301 e. The summed E-state index contributed by atoms with van der Waals surface area (Å²) in [6, 6.07) is 21.4. The first-order valence-corrected chi connectivity index (χ1v) is 14.9. The standard InChI is InChI=1S/C32H24FN3O5S2/c1-17-10-11-20(14-23(17)33)28(38)26-27(19-12-13-24(37)25(15-19)41-2)36(30(40)29(26)39)31-34-35-32(43-31)42-16-21-8-5-7-18-6-3-4-9-22(18)21/h3-15,27,37-38H,16H2,1-2H3/t27-/m1/s1. The lowest BCUT2D eigenvalue weighted by molar-refractivity contribution is -0.132. The van der Waals surface area contributed by atoms with Crippen molar-refractivity contribution in [2.24, 2.45) is 0 Å². The number of carbonyl (C=O) groups excluding carboxylic acids is 2. The number of amides is 1. The van der Waals surface area contributed by atoms with Gasteiger partial charge in [-0.05, 0) is 52.6 Å². The number of fused-ring (bicyclic) bond motifs is 1. The number of ether oxygens (including phenoxy) is 1. The highest BCUT2D eigenvalue weighted by atomic mass is 32.2. The van der Waals surface area contributed by atoms with E-state index in [0.717, 1.165) is 33.7 Å². The van der Waals surface area contributed by atoms with E-state index in [0.29, 0.717) is 21.2 Å². The molecule has 0 radical (unpaired) electrons. The molecule has 0 saturated carbocycles. The third-order valence-electron chi connectivity index (χ3n) is 7.24. The first-order chi connectivity index (χ1) is 20.8. The van der Waals surface area contributed by atoms with Crippen molar-refractivity contribution >= 4 is 56.5 Å². The second-order valence-corrected chi connectivity index (χ2v) is 12.0. The molecule has 8 nitrogen and oxygen atoms in total. The van der Waals surface area contributed by atoms with Crippen LogP contribution in [0.2, 0.25) is 0 Å². The number of carbonyl (C=O) groups is 2. The minimum atomic E-state index is -1.15. The number of aryl methyl sites for hydroxylation is 1. The van der Waals surface area contributed by atoms with Gasteiger partial charge in [0.25, 0.3) is 5.78 Å². The van der Waals surface area contributed by atoms with Crippen LogP contribution in [0.3, 0.4) is 0 Å². The van der Waals surface area contributed by atoms with Gasteiger partial charge in [0.15, 0.2) is 15.8 Å². The molecule has 0 aliphatic carbocycles. The van der Waals surface area contributed by atoms with Gasteiger partial charge in [0.1, 0.15) is 11.6 Å². The van der Waals surface area contributed by atoms with Gasteiger partial charge in [-0.1, -0.05) is 83.8 Å². The number of anilines is 1. The van der Waals surface area contributed by atoms with Crippen molar-refractivity contribution in [2.75, 3.05) is 12.0 Å². The molecule has 1 amide bonds. The Bertz CT molecular complexity index is 1930. The molecule has 1 atom stereocenters. The Morgan fingerprint density at radius 1 is 1.05 bits per heavy atom. The van der Waals surface area contributed by atoms with Crippen molar-refractivity contribution in [1.82, 2.24) is 10.2 Å². The average Bonchev–Trinajstić information content (AvgIpc) is 3.59. The number of Topliss-reactive ketones (excluding diaryl/α,β-unsaturated/α-hetero) is 1. The molecule has 2 N–H and O–H groups in total. The molecule has 1 fully saturated rings. The zero-order valence-corrected chi connectivity index (χ0v) is 24.6. The topological polar surface area (TPSA) is 113 Å². The summed E-state index contributed by atoms with van der Waals surface area (Å²) < 4.78 is 20.3. The zero-order chi connectivity index (χ0) is 30.2. The number of aromatic hydroxyl groups is 1. The van der Waals surface area contributed by atoms with Crippen LogP contribution in [-0.4, -0.2) is 39.2 Å². The Balaban J connectivity index is 1.40. The van der Waals surface area contributed by atoms with Crippen LogP contribution >= 0.6 is 23.1 Å². The summed E-state index contributed by atoms with van der Waals surface area (Å²) in [7, 11) is 1.37. The SMILES string of the molecule is COc1cc([C@@H]2C(=C(O)c3ccc(C)c(F)c3)C(=O)C(=O)N2c2nnc(SCc3cccc4ccccc34)s2)ccc1O. The molecular weight excluding hydrogens is 590 g/mol. The van der Waals surface area contributed by atoms with Gasteiger partial charge in [0, 0.05) is 11.3 Å². The van der Waals surface area contributed by atoms with E-state index in [1.54, 1.807) is 6.92 Å². The lowest BCUT2D eigenvalue weighted by atomic mass is 9.95. The Hall–Kier alpha value is -4.74. The van der Waals surface area contributed by atoms with Crippen LogP contribution in [0.4, 0.5) is 9.52 Å².